The lowest BCUT2D eigenvalue weighted by Crippen LogP contribution is -2.21. The first-order valence-corrected chi connectivity index (χ1v) is 9.27. The zero-order chi connectivity index (χ0) is 18.6. The zero-order valence-electron chi connectivity index (χ0n) is 15.3. The Kier molecular flexibility index (Phi) is 4.92. The van der Waals surface area contributed by atoms with E-state index in [9.17, 15) is 4.79 Å². The van der Waals surface area contributed by atoms with Gasteiger partial charge in [-0.1, -0.05) is 31.2 Å². The van der Waals surface area contributed by atoms with Crippen molar-refractivity contribution in [3.8, 4) is 0 Å². The van der Waals surface area contributed by atoms with Crippen LogP contribution in [0.4, 0.5) is 0 Å². The van der Waals surface area contributed by atoms with Crippen LogP contribution >= 0.6 is 0 Å². The van der Waals surface area contributed by atoms with Crippen LogP contribution in [0.1, 0.15) is 41.9 Å². The predicted molar refractivity (Wildman–Crippen MR) is 104 cm³/mol. The summed E-state index contributed by atoms with van der Waals surface area (Å²) in [6, 6.07) is 12.0. The molecular weight excluding hydrogens is 338 g/mol. The minimum atomic E-state index is -0.134. The van der Waals surface area contributed by atoms with Crippen molar-refractivity contribution in [2.75, 3.05) is 0 Å². The van der Waals surface area contributed by atoms with Crippen molar-refractivity contribution in [2.45, 2.75) is 32.4 Å². The molecular formula is C22H23N3O2. The van der Waals surface area contributed by atoms with Crippen molar-refractivity contribution in [1.82, 2.24) is 14.9 Å². The van der Waals surface area contributed by atoms with E-state index in [0.717, 1.165) is 29.2 Å². The molecule has 2 aromatic heterocycles. The van der Waals surface area contributed by atoms with Crippen molar-refractivity contribution < 1.29 is 9.21 Å². The van der Waals surface area contributed by atoms with E-state index in [1.165, 1.54) is 12.5 Å². The fourth-order valence-electron chi connectivity index (χ4n) is 3.24. The van der Waals surface area contributed by atoms with Gasteiger partial charge in [-0.3, -0.25) is 4.79 Å². The number of nitrogens with one attached hydrogen (secondary N) is 1. The highest BCUT2D eigenvalue weighted by Crippen LogP contribution is 2.47. The molecule has 138 valence electrons. The van der Waals surface area contributed by atoms with Crippen LogP contribution in [0.5, 0.6) is 0 Å². The summed E-state index contributed by atoms with van der Waals surface area (Å²) in [5.41, 5.74) is 2.25. The van der Waals surface area contributed by atoms with Crippen molar-refractivity contribution in [1.29, 1.82) is 0 Å². The lowest BCUT2D eigenvalue weighted by atomic mass is 10.1. The minimum Gasteiger partial charge on any atom is -0.461 e. The highest BCUT2D eigenvalue weighted by atomic mass is 16.3. The maximum Gasteiger partial charge on any atom is 0.244 e. The molecule has 2 heterocycles. The normalized spacial score (nSPS) is 18.7. The molecule has 2 atom stereocenters. The van der Waals surface area contributed by atoms with Gasteiger partial charge in [-0.05, 0) is 41.7 Å². The molecule has 0 bridgehead atoms. The molecule has 27 heavy (non-hydrogen) atoms. The second kappa shape index (κ2) is 7.66. The number of carbonyl (C=O) groups excluding carboxylic acids is 1. The van der Waals surface area contributed by atoms with E-state index in [2.05, 4.69) is 23.3 Å². The van der Waals surface area contributed by atoms with Gasteiger partial charge in [0.15, 0.2) is 0 Å². The molecule has 0 radical (unpaired) electrons. The Morgan fingerprint density at radius 3 is 2.85 bits per heavy atom. The van der Waals surface area contributed by atoms with E-state index in [0.29, 0.717) is 18.4 Å². The van der Waals surface area contributed by atoms with Gasteiger partial charge >= 0.3 is 0 Å². The molecule has 0 unspecified atom stereocenters. The average Bonchev–Trinajstić information content (AvgIpc) is 3.07. The Balaban J connectivity index is 1.33. The number of amides is 1. The fourth-order valence-corrected chi connectivity index (χ4v) is 3.24. The molecule has 1 aromatic carbocycles. The van der Waals surface area contributed by atoms with Gasteiger partial charge in [0, 0.05) is 37.5 Å². The molecule has 3 aromatic rings. The third kappa shape index (κ3) is 4.37. The fraction of sp³-hybridized carbons (Fsp3) is 0.273. The lowest BCUT2D eigenvalue weighted by Gasteiger charge is -2.10. The summed E-state index contributed by atoms with van der Waals surface area (Å²) < 4.78 is 7.80. The molecule has 1 aliphatic carbocycles. The standard InChI is InChI=1S/C22H23N3O2/c1-16-12-20(16)21-8-6-19(27-21)7-9-22(26)24-13-17-4-2-3-5-18(17)14-25-11-10-23-15-25/h2-11,15-16,20H,12-14H2,1H3,(H,24,26)/b9-7+/t16-,20-/m1/s1. The highest BCUT2D eigenvalue weighted by molar-refractivity contribution is 5.91. The first kappa shape index (κ1) is 17.3. The summed E-state index contributed by atoms with van der Waals surface area (Å²) in [5.74, 6) is 2.87. The number of furan rings is 1. The van der Waals surface area contributed by atoms with Crippen LogP contribution in [0.2, 0.25) is 0 Å². The Morgan fingerprint density at radius 1 is 1.30 bits per heavy atom. The summed E-state index contributed by atoms with van der Waals surface area (Å²) in [6.45, 7) is 3.44. The number of imidazole rings is 1. The summed E-state index contributed by atoms with van der Waals surface area (Å²) >= 11 is 0. The maximum atomic E-state index is 12.2. The highest BCUT2D eigenvalue weighted by Gasteiger charge is 2.36. The molecule has 1 aliphatic rings. The van der Waals surface area contributed by atoms with Gasteiger partial charge in [0.25, 0.3) is 0 Å². The van der Waals surface area contributed by atoms with Gasteiger partial charge in [0.2, 0.25) is 5.91 Å². The van der Waals surface area contributed by atoms with Crippen molar-refractivity contribution >= 4 is 12.0 Å². The van der Waals surface area contributed by atoms with Gasteiger partial charge in [0.1, 0.15) is 11.5 Å². The summed E-state index contributed by atoms with van der Waals surface area (Å²) in [6.07, 6.45) is 9.92. The molecule has 1 N–H and O–H groups in total. The number of benzene rings is 1. The molecule has 0 spiro atoms. The lowest BCUT2D eigenvalue weighted by molar-refractivity contribution is -0.116. The van der Waals surface area contributed by atoms with Gasteiger partial charge < -0.3 is 14.3 Å². The largest absolute Gasteiger partial charge is 0.461 e. The molecule has 4 rings (SSSR count). The zero-order valence-corrected chi connectivity index (χ0v) is 15.3. The van der Waals surface area contributed by atoms with Gasteiger partial charge in [-0.15, -0.1) is 0 Å². The van der Waals surface area contributed by atoms with Crippen LogP contribution in [0.3, 0.4) is 0 Å². The minimum absolute atomic E-state index is 0.134. The second-order valence-electron chi connectivity index (χ2n) is 7.11. The van der Waals surface area contributed by atoms with E-state index >= 15 is 0 Å². The van der Waals surface area contributed by atoms with Crippen LogP contribution in [0.25, 0.3) is 6.08 Å². The molecule has 5 nitrogen and oxygen atoms in total. The monoisotopic (exact) mass is 361 g/mol. The van der Waals surface area contributed by atoms with E-state index in [1.807, 2.05) is 41.1 Å². The maximum absolute atomic E-state index is 12.2. The molecule has 0 saturated heterocycles. The molecule has 1 amide bonds. The van der Waals surface area contributed by atoms with Crippen LogP contribution in [0, 0.1) is 5.92 Å². The summed E-state index contributed by atoms with van der Waals surface area (Å²) in [7, 11) is 0. The molecule has 1 saturated carbocycles. The summed E-state index contributed by atoms with van der Waals surface area (Å²) in [4.78, 5) is 16.2. The van der Waals surface area contributed by atoms with E-state index in [1.54, 1.807) is 18.6 Å². The number of hydrogen-bond donors (Lipinski definition) is 1. The van der Waals surface area contributed by atoms with Crippen LogP contribution in [0.15, 0.2) is 65.6 Å². The first-order valence-electron chi connectivity index (χ1n) is 9.27. The van der Waals surface area contributed by atoms with Crippen molar-refractivity contribution in [2.24, 2.45) is 5.92 Å². The predicted octanol–water partition coefficient (Wildman–Crippen LogP) is 3.98. The molecule has 5 heteroatoms. The van der Waals surface area contributed by atoms with E-state index < -0.39 is 0 Å². The number of nitrogens with zero attached hydrogens (tertiary/aromatic N) is 2. The van der Waals surface area contributed by atoms with E-state index in [-0.39, 0.29) is 5.91 Å². The molecule has 1 fully saturated rings. The van der Waals surface area contributed by atoms with Crippen LogP contribution in [-0.4, -0.2) is 15.5 Å². The van der Waals surface area contributed by atoms with Crippen LogP contribution in [-0.2, 0) is 17.9 Å². The third-order valence-corrected chi connectivity index (χ3v) is 5.01. The summed E-state index contributed by atoms with van der Waals surface area (Å²) in [5, 5.41) is 2.95. The van der Waals surface area contributed by atoms with Crippen LogP contribution < -0.4 is 5.32 Å². The smallest absolute Gasteiger partial charge is 0.244 e. The van der Waals surface area contributed by atoms with E-state index in [4.69, 9.17) is 4.42 Å². The van der Waals surface area contributed by atoms with Crippen molar-refractivity contribution in [3.05, 3.63) is 83.8 Å². The average molecular weight is 361 g/mol. The molecule has 0 aliphatic heterocycles. The number of hydrogen-bond acceptors (Lipinski definition) is 3. The van der Waals surface area contributed by atoms with Gasteiger partial charge in [-0.2, -0.15) is 0 Å². The number of carbonyl (C=O) groups is 1. The number of aromatic nitrogens is 2. The van der Waals surface area contributed by atoms with Gasteiger partial charge in [-0.25, -0.2) is 4.98 Å². The van der Waals surface area contributed by atoms with Gasteiger partial charge in [0.05, 0.1) is 6.33 Å². The Morgan fingerprint density at radius 2 is 2.11 bits per heavy atom. The quantitative estimate of drug-likeness (QED) is 0.648. The topological polar surface area (TPSA) is 60.1 Å². The second-order valence-corrected chi connectivity index (χ2v) is 7.11. The first-order chi connectivity index (χ1) is 13.2. The van der Waals surface area contributed by atoms with Crippen molar-refractivity contribution in [3.63, 3.8) is 0 Å². The number of rotatable bonds is 7. The third-order valence-electron chi connectivity index (χ3n) is 5.01. The Labute approximate surface area is 158 Å². The SMILES string of the molecule is C[C@@H]1C[C@H]1c1ccc(/C=C/C(=O)NCc2ccccc2Cn2ccnc2)o1. The Bertz CT molecular complexity index is 940. The Hall–Kier alpha value is -3.08.